The molecule has 0 aliphatic heterocycles. The van der Waals surface area contributed by atoms with Crippen LogP contribution < -0.4 is 4.74 Å². The van der Waals surface area contributed by atoms with Crippen molar-refractivity contribution in [1.82, 2.24) is 9.88 Å². The van der Waals surface area contributed by atoms with Crippen molar-refractivity contribution >= 4 is 0 Å². The number of alkyl halides is 3. The summed E-state index contributed by atoms with van der Waals surface area (Å²) in [5.74, 6) is 0.282. The van der Waals surface area contributed by atoms with E-state index in [4.69, 9.17) is 4.74 Å². The van der Waals surface area contributed by atoms with E-state index in [2.05, 4.69) is 9.88 Å². The molecule has 1 heterocycles. The van der Waals surface area contributed by atoms with Gasteiger partial charge in [0.15, 0.2) is 0 Å². The van der Waals surface area contributed by atoms with Crippen molar-refractivity contribution in [2.75, 3.05) is 13.2 Å². The fourth-order valence-corrected chi connectivity index (χ4v) is 3.21. The largest absolute Gasteiger partial charge is 0.491 e. The molecular formula is C24H25F3N2O2. The van der Waals surface area contributed by atoms with Gasteiger partial charge in [-0.25, -0.2) is 0 Å². The number of hydrogen-bond acceptors (Lipinski definition) is 4. The Morgan fingerprint density at radius 3 is 2.35 bits per heavy atom. The molecule has 164 valence electrons. The Morgan fingerprint density at radius 2 is 1.71 bits per heavy atom. The number of pyridine rings is 1. The lowest BCUT2D eigenvalue weighted by atomic mass is 10.1. The maximum atomic E-state index is 12.7. The van der Waals surface area contributed by atoms with E-state index in [1.807, 2.05) is 49.5 Å². The summed E-state index contributed by atoms with van der Waals surface area (Å²) in [6, 6.07) is 16.3. The highest BCUT2D eigenvalue weighted by Crippen LogP contribution is 2.30. The zero-order valence-electron chi connectivity index (χ0n) is 17.2. The molecule has 3 rings (SSSR count). The average molecular weight is 430 g/mol. The Bertz CT molecular complexity index is 947. The molecule has 7 heteroatoms. The zero-order valence-corrected chi connectivity index (χ0v) is 17.2. The van der Waals surface area contributed by atoms with Crippen LogP contribution in [0.4, 0.5) is 13.2 Å². The predicted molar refractivity (Wildman–Crippen MR) is 112 cm³/mol. The summed E-state index contributed by atoms with van der Waals surface area (Å²) in [5, 5.41) is 10.5. The van der Waals surface area contributed by atoms with Gasteiger partial charge in [-0.2, -0.15) is 13.2 Å². The van der Waals surface area contributed by atoms with E-state index in [1.165, 1.54) is 12.1 Å². The normalized spacial score (nSPS) is 12.7. The van der Waals surface area contributed by atoms with Gasteiger partial charge in [-0.05, 0) is 53.9 Å². The van der Waals surface area contributed by atoms with Gasteiger partial charge >= 0.3 is 6.18 Å². The van der Waals surface area contributed by atoms with E-state index in [0.29, 0.717) is 19.6 Å². The third kappa shape index (κ3) is 7.08. The molecule has 3 aromatic rings. The van der Waals surface area contributed by atoms with E-state index in [9.17, 15) is 18.3 Å². The maximum absolute atomic E-state index is 12.7. The third-order valence-corrected chi connectivity index (χ3v) is 4.88. The first-order valence-electron chi connectivity index (χ1n) is 9.95. The molecule has 0 fully saturated rings. The quantitative estimate of drug-likeness (QED) is 0.527. The van der Waals surface area contributed by atoms with Crippen LogP contribution in [0.5, 0.6) is 5.75 Å². The van der Waals surface area contributed by atoms with E-state index in [1.54, 1.807) is 6.20 Å². The second-order valence-corrected chi connectivity index (χ2v) is 7.44. The minimum Gasteiger partial charge on any atom is -0.491 e. The van der Waals surface area contributed by atoms with Crippen LogP contribution in [0, 0.1) is 6.92 Å². The van der Waals surface area contributed by atoms with Gasteiger partial charge in [0.1, 0.15) is 18.5 Å². The van der Waals surface area contributed by atoms with Gasteiger partial charge in [0, 0.05) is 32.0 Å². The molecule has 1 atom stereocenters. The summed E-state index contributed by atoms with van der Waals surface area (Å²) >= 11 is 0. The lowest BCUT2D eigenvalue weighted by Gasteiger charge is -2.26. The molecule has 0 amide bonds. The molecule has 0 bridgehead atoms. The lowest BCUT2D eigenvalue weighted by molar-refractivity contribution is -0.137. The monoisotopic (exact) mass is 430 g/mol. The van der Waals surface area contributed by atoms with E-state index in [-0.39, 0.29) is 12.4 Å². The molecule has 1 unspecified atom stereocenters. The van der Waals surface area contributed by atoms with Crippen LogP contribution >= 0.6 is 0 Å². The molecule has 31 heavy (non-hydrogen) atoms. The minimum atomic E-state index is -4.39. The lowest BCUT2D eigenvalue weighted by Crippen LogP contribution is -2.35. The van der Waals surface area contributed by atoms with Crippen LogP contribution in [0.3, 0.4) is 0 Å². The Balaban J connectivity index is 1.62. The van der Waals surface area contributed by atoms with Crippen molar-refractivity contribution < 1.29 is 23.0 Å². The number of hydrogen-bond donors (Lipinski definition) is 1. The Hall–Kier alpha value is -2.90. The number of halogens is 3. The summed E-state index contributed by atoms with van der Waals surface area (Å²) in [6.45, 7) is 3.56. The first-order chi connectivity index (χ1) is 14.8. The summed E-state index contributed by atoms with van der Waals surface area (Å²) in [7, 11) is 0. The highest BCUT2D eigenvalue weighted by atomic mass is 19.4. The number of aliphatic hydroxyl groups is 1. The average Bonchev–Trinajstić information content (AvgIpc) is 2.74. The Kier molecular flexibility index (Phi) is 7.65. The van der Waals surface area contributed by atoms with Crippen LogP contribution in [-0.4, -0.2) is 34.2 Å². The van der Waals surface area contributed by atoms with Gasteiger partial charge < -0.3 is 9.84 Å². The number of nitrogens with zero attached hydrogens (tertiary/aromatic N) is 2. The molecule has 0 saturated carbocycles. The molecule has 4 nitrogen and oxygen atoms in total. The van der Waals surface area contributed by atoms with Crippen molar-refractivity contribution in [2.24, 2.45) is 0 Å². The first-order valence-corrected chi connectivity index (χ1v) is 9.95. The molecule has 0 aliphatic carbocycles. The van der Waals surface area contributed by atoms with Crippen molar-refractivity contribution in [2.45, 2.75) is 32.3 Å². The number of aryl methyl sites for hydroxylation is 1. The van der Waals surface area contributed by atoms with Crippen molar-refractivity contribution in [3.8, 4) is 5.75 Å². The minimum absolute atomic E-state index is 0.0251. The second kappa shape index (κ2) is 10.4. The summed E-state index contributed by atoms with van der Waals surface area (Å²) in [5.41, 5.74) is 2.55. The Labute approximate surface area is 179 Å². The van der Waals surface area contributed by atoms with Crippen LogP contribution in [0.15, 0.2) is 73.1 Å². The van der Waals surface area contributed by atoms with Gasteiger partial charge in [-0.15, -0.1) is 0 Å². The molecule has 0 radical (unpaired) electrons. The first kappa shape index (κ1) is 22.8. The predicted octanol–water partition coefficient (Wildman–Crippen LogP) is 4.85. The second-order valence-electron chi connectivity index (χ2n) is 7.44. The number of rotatable bonds is 9. The standard InChI is InChI=1S/C24H25F3N2O2/c1-18-11-12-28-13-20(18)15-29(14-19-5-3-2-4-6-19)16-22(30)17-31-23-9-7-21(8-10-23)24(25,26)27/h2-13,22,30H,14-17H2,1H3. The molecule has 2 aromatic carbocycles. The van der Waals surface area contributed by atoms with Gasteiger partial charge in [-0.1, -0.05) is 30.3 Å². The van der Waals surface area contributed by atoms with Gasteiger partial charge in [0.2, 0.25) is 0 Å². The van der Waals surface area contributed by atoms with E-state index >= 15 is 0 Å². The highest BCUT2D eigenvalue weighted by molar-refractivity contribution is 5.29. The van der Waals surface area contributed by atoms with Crippen LogP contribution in [0.2, 0.25) is 0 Å². The zero-order chi connectivity index (χ0) is 22.3. The SMILES string of the molecule is Cc1ccncc1CN(Cc1ccccc1)CC(O)COc1ccc(C(F)(F)F)cc1. The number of benzene rings is 2. The van der Waals surface area contributed by atoms with Crippen LogP contribution in [-0.2, 0) is 19.3 Å². The number of aliphatic hydroxyl groups excluding tert-OH is 1. The summed E-state index contributed by atoms with van der Waals surface area (Å²) < 4.78 is 43.5. The van der Waals surface area contributed by atoms with Crippen LogP contribution in [0.25, 0.3) is 0 Å². The van der Waals surface area contributed by atoms with Crippen LogP contribution in [0.1, 0.15) is 22.3 Å². The molecule has 0 spiro atoms. The smallest absolute Gasteiger partial charge is 0.416 e. The van der Waals surface area contributed by atoms with E-state index < -0.39 is 17.8 Å². The fourth-order valence-electron chi connectivity index (χ4n) is 3.21. The fraction of sp³-hybridized carbons (Fsp3) is 0.292. The molecular weight excluding hydrogens is 405 g/mol. The third-order valence-electron chi connectivity index (χ3n) is 4.88. The number of ether oxygens (including phenoxy) is 1. The topological polar surface area (TPSA) is 45.6 Å². The number of aromatic nitrogens is 1. The summed E-state index contributed by atoms with van der Waals surface area (Å²) in [4.78, 5) is 6.29. The van der Waals surface area contributed by atoms with Crippen molar-refractivity contribution in [3.05, 3.63) is 95.3 Å². The van der Waals surface area contributed by atoms with Crippen molar-refractivity contribution in [1.29, 1.82) is 0 Å². The van der Waals surface area contributed by atoms with E-state index in [0.717, 1.165) is 28.8 Å². The molecule has 1 N–H and O–H groups in total. The van der Waals surface area contributed by atoms with Gasteiger partial charge in [-0.3, -0.25) is 9.88 Å². The maximum Gasteiger partial charge on any atom is 0.416 e. The van der Waals surface area contributed by atoms with Gasteiger partial charge in [0.05, 0.1) is 5.56 Å². The van der Waals surface area contributed by atoms with Crippen molar-refractivity contribution in [3.63, 3.8) is 0 Å². The summed E-state index contributed by atoms with van der Waals surface area (Å²) in [6.07, 6.45) is -1.64. The highest BCUT2D eigenvalue weighted by Gasteiger charge is 2.30. The molecule has 1 aromatic heterocycles. The molecule has 0 aliphatic rings. The molecule has 0 saturated heterocycles. The van der Waals surface area contributed by atoms with Gasteiger partial charge in [0.25, 0.3) is 0 Å². The Morgan fingerprint density at radius 1 is 1.00 bits per heavy atom.